The van der Waals surface area contributed by atoms with Crippen LogP contribution in [0.1, 0.15) is 15.9 Å². The summed E-state index contributed by atoms with van der Waals surface area (Å²) < 4.78 is 4.97. The molecule has 1 aromatic carbocycles. The molecule has 0 heterocycles. The number of methoxy groups -OCH3 is 1. The Bertz CT molecular complexity index is 325. The Morgan fingerprint density at radius 1 is 1.53 bits per heavy atom. The van der Waals surface area contributed by atoms with Gasteiger partial charge in [0.1, 0.15) is 0 Å². The maximum Gasteiger partial charge on any atom is 0.251 e. The Kier molecular flexibility index (Phi) is 4.80. The molecule has 4 nitrogen and oxygen atoms in total. The number of aliphatic hydroxyl groups is 1. The van der Waals surface area contributed by atoms with Crippen molar-refractivity contribution in [2.75, 3.05) is 20.3 Å². The van der Waals surface area contributed by atoms with E-state index in [1.54, 1.807) is 19.2 Å². The van der Waals surface area contributed by atoms with Crippen molar-refractivity contribution in [2.24, 2.45) is 0 Å². The Morgan fingerprint density at radius 2 is 2.33 bits per heavy atom. The summed E-state index contributed by atoms with van der Waals surface area (Å²) in [6.45, 7) is 0.706. The molecule has 0 aliphatic heterocycles. The van der Waals surface area contributed by atoms with Crippen LogP contribution in [0.15, 0.2) is 24.3 Å². The summed E-state index contributed by atoms with van der Waals surface area (Å²) >= 11 is 0. The summed E-state index contributed by atoms with van der Waals surface area (Å²) in [6, 6.07) is 7.20. The molecule has 0 radical (unpaired) electrons. The van der Waals surface area contributed by atoms with Gasteiger partial charge in [-0.1, -0.05) is 12.1 Å². The summed E-state index contributed by atoms with van der Waals surface area (Å²) in [6.07, 6.45) is 0. The number of carbonyl (C=O) groups excluding carboxylic acids is 1. The monoisotopic (exact) mass is 209 g/mol. The fourth-order valence-corrected chi connectivity index (χ4v) is 1.24. The van der Waals surface area contributed by atoms with Crippen molar-refractivity contribution in [2.45, 2.75) is 6.61 Å². The van der Waals surface area contributed by atoms with Gasteiger partial charge in [0, 0.05) is 19.2 Å². The second-order valence-electron chi connectivity index (χ2n) is 3.11. The molecule has 0 spiro atoms. The first kappa shape index (κ1) is 11.7. The second-order valence-corrected chi connectivity index (χ2v) is 3.11. The third-order valence-corrected chi connectivity index (χ3v) is 1.90. The van der Waals surface area contributed by atoms with Gasteiger partial charge in [0.25, 0.3) is 5.91 Å². The van der Waals surface area contributed by atoms with E-state index < -0.39 is 0 Å². The van der Waals surface area contributed by atoms with Gasteiger partial charge < -0.3 is 15.2 Å². The van der Waals surface area contributed by atoms with Crippen molar-refractivity contribution in [1.29, 1.82) is 0 Å². The Morgan fingerprint density at radius 3 is 3.00 bits per heavy atom. The topological polar surface area (TPSA) is 58.6 Å². The Hall–Kier alpha value is -1.39. The first-order valence-electron chi connectivity index (χ1n) is 4.75. The summed E-state index contributed by atoms with van der Waals surface area (Å²) in [5.74, 6) is -0.179. The van der Waals surface area contributed by atoms with Gasteiger partial charge in [-0.25, -0.2) is 0 Å². The van der Waals surface area contributed by atoms with Crippen LogP contribution in [-0.2, 0) is 11.3 Å². The van der Waals surface area contributed by atoms with Crippen LogP contribution in [0.25, 0.3) is 0 Å². The molecule has 4 heteroatoms. The molecule has 0 fully saturated rings. The number of nitrogens with one attached hydrogen (secondary N) is 1. The fraction of sp³-hybridized carbons (Fsp3) is 0.364. The van der Waals surface area contributed by atoms with Crippen molar-refractivity contribution in [1.82, 2.24) is 5.32 Å². The van der Waals surface area contributed by atoms with E-state index in [0.717, 1.165) is 5.56 Å². The van der Waals surface area contributed by atoms with Crippen molar-refractivity contribution < 1.29 is 14.6 Å². The number of carbonyl (C=O) groups is 1. The normalized spacial score (nSPS) is 10.0. The molecule has 1 amide bonds. The Balaban J connectivity index is 2.67. The van der Waals surface area contributed by atoms with Gasteiger partial charge >= 0.3 is 0 Å². The first-order valence-corrected chi connectivity index (χ1v) is 4.75. The van der Waals surface area contributed by atoms with Crippen LogP contribution < -0.4 is 5.32 Å². The lowest BCUT2D eigenvalue weighted by molar-refractivity contribution is 0.0944. The minimum Gasteiger partial charge on any atom is -0.395 e. The molecule has 0 aliphatic rings. The summed E-state index contributed by atoms with van der Waals surface area (Å²) in [7, 11) is 1.61. The molecule has 0 unspecified atom stereocenters. The van der Waals surface area contributed by atoms with Gasteiger partial charge in [0.2, 0.25) is 0 Å². The van der Waals surface area contributed by atoms with E-state index in [-0.39, 0.29) is 19.1 Å². The van der Waals surface area contributed by atoms with Gasteiger partial charge in [-0.15, -0.1) is 0 Å². The largest absolute Gasteiger partial charge is 0.395 e. The van der Waals surface area contributed by atoms with Crippen LogP contribution >= 0.6 is 0 Å². The molecule has 0 saturated carbocycles. The van der Waals surface area contributed by atoms with Crippen LogP contribution in [0.4, 0.5) is 0 Å². The van der Waals surface area contributed by atoms with Crippen molar-refractivity contribution in [3.63, 3.8) is 0 Å². The maximum absolute atomic E-state index is 11.5. The number of hydrogen-bond acceptors (Lipinski definition) is 3. The average Bonchev–Trinajstić information content (AvgIpc) is 2.27. The quantitative estimate of drug-likeness (QED) is 0.744. The standard InChI is InChI=1S/C11H15NO3/c1-15-8-9-3-2-4-10(7-9)11(14)12-5-6-13/h2-4,7,13H,5-6,8H2,1H3,(H,12,14). The molecule has 1 aromatic rings. The molecule has 82 valence electrons. The van der Waals surface area contributed by atoms with E-state index in [4.69, 9.17) is 9.84 Å². The Labute approximate surface area is 88.9 Å². The molecular weight excluding hydrogens is 194 g/mol. The lowest BCUT2D eigenvalue weighted by Crippen LogP contribution is -2.26. The van der Waals surface area contributed by atoms with Crippen LogP contribution in [0.2, 0.25) is 0 Å². The fourth-order valence-electron chi connectivity index (χ4n) is 1.24. The van der Waals surface area contributed by atoms with Crippen LogP contribution in [0.3, 0.4) is 0 Å². The highest BCUT2D eigenvalue weighted by atomic mass is 16.5. The van der Waals surface area contributed by atoms with E-state index in [9.17, 15) is 4.79 Å². The lowest BCUT2D eigenvalue weighted by atomic mass is 10.1. The van der Waals surface area contributed by atoms with Gasteiger partial charge in [-0.05, 0) is 17.7 Å². The second kappa shape index (κ2) is 6.16. The zero-order valence-electron chi connectivity index (χ0n) is 8.69. The number of ether oxygens (including phenoxy) is 1. The van der Waals surface area contributed by atoms with Crippen LogP contribution in [-0.4, -0.2) is 31.3 Å². The molecule has 2 N–H and O–H groups in total. The molecule has 1 rings (SSSR count). The molecule has 0 atom stereocenters. The molecule has 0 aromatic heterocycles. The summed E-state index contributed by atoms with van der Waals surface area (Å²) in [5, 5.41) is 11.2. The highest BCUT2D eigenvalue weighted by Crippen LogP contribution is 2.06. The number of amides is 1. The van der Waals surface area contributed by atoms with Crippen molar-refractivity contribution >= 4 is 5.91 Å². The number of aliphatic hydroxyl groups excluding tert-OH is 1. The van der Waals surface area contributed by atoms with Crippen LogP contribution in [0, 0.1) is 0 Å². The van der Waals surface area contributed by atoms with E-state index in [1.807, 2.05) is 12.1 Å². The van der Waals surface area contributed by atoms with Crippen molar-refractivity contribution in [3.8, 4) is 0 Å². The molecule has 0 bridgehead atoms. The molecule has 15 heavy (non-hydrogen) atoms. The maximum atomic E-state index is 11.5. The smallest absolute Gasteiger partial charge is 0.251 e. The molecule has 0 saturated heterocycles. The number of rotatable bonds is 5. The van der Waals surface area contributed by atoms with E-state index >= 15 is 0 Å². The minimum atomic E-state index is -0.179. The third kappa shape index (κ3) is 3.69. The predicted molar refractivity (Wildman–Crippen MR) is 56.6 cm³/mol. The van der Waals surface area contributed by atoms with Gasteiger partial charge in [0.05, 0.1) is 13.2 Å². The van der Waals surface area contributed by atoms with Crippen molar-refractivity contribution in [3.05, 3.63) is 35.4 Å². The van der Waals surface area contributed by atoms with Crippen LogP contribution in [0.5, 0.6) is 0 Å². The zero-order chi connectivity index (χ0) is 11.1. The highest BCUT2D eigenvalue weighted by molar-refractivity contribution is 5.94. The van der Waals surface area contributed by atoms with Gasteiger partial charge in [-0.2, -0.15) is 0 Å². The molecular formula is C11H15NO3. The summed E-state index contributed by atoms with van der Waals surface area (Å²) in [4.78, 5) is 11.5. The zero-order valence-corrected chi connectivity index (χ0v) is 8.69. The van der Waals surface area contributed by atoms with Gasteiger partial charge in [-0.3, -0.25) is 4.79 Å². The van der Waals surface area contributed by atoms with E-state index in [2.05, 4.69) is 5.32 Å². The van der Waals surface area contributed by atoms with E-state index in [1.165, 1.54) is 0 Å². The number of benzene rings is 1. The average molecular weight is 209 g/mol. The predicted octanol–water partition coefficient (Wildman–Crippen LogP) is 0.555. The third-order valence-electron chi connectivity index (χ3n) is 1.90. The van der Waals surface area contributed by atoms with E-state index in [0.29, 0.717) is 12.2 Å². The number of hydrogen-bond donors (Lipinski definition) is 2. The lowest BCUT2D eigenvalue weighted by Gasteiger charge is -2.05. The minimum absolute atomic E-state index is 0.0521. The first-order chi connectivity index (χ1) is 7.27. The van der Waals surface area contributed by atoms with Gasteiger partial charge in [0.15, 0.2) is 0 Å². The summed E-state index contributed by atoms with van der Waals surface area (Å²) in [5.41, 5.74) is 1.53. The molecule has 0 aliphatic carbocycles. The highest BCUT2D eigenvalue weighted by Gasteiger charge is 2.04. The SMILES string of the molecule is COCc1cccc(C(=O)NCCO)c1.